The zero-order valence-electron chi connectivity index (χ0n) is 12.5. The standard InChI is InChI=1S/C21H16O2/c22-20(17-12-6-2-7-13-17)19(16-10-4-1-5-11-16)21(23)18-14-8-3-9-15-18/h1-15,22H/b20-19-. The first-order chi connectivity index (χ1) is 11.3. The number of aliphatic hydroxyl groups excluding tert-OH is 1. The van der Waals surface area contributed by atoms with Gasteiger partial charge in [0.1, 0.15) is 5.76 Å². The molecule has 0 unspecified atom stereocenters. The lowest BCUT2D eigenvalue weighted by Crippen LogP contribution is -2.06. The molecule has 3 rings (SSSR count). The summed E-state index contributed by atoms with van der Waals surface area (Å²) in [6, 6.07) is 27.4. The topological polar surface area (TPSA) is 37.3 Å². The van der Waals surface area contributed by atoms with Crippen LogP contribution >= 0.6 is 0 Å². The third-order valence-electron chi connectivity index (χ3n) is 3.61. The lowest BCUT2D eigenvalue weighted by Gasteiger charge is -2.11. The number of rotatable bonds is 4. The van der Waals surface area contributed by atoms with E-state index in [9.17, 15) is 9.90 Å². The summed E-state index contributed by atoms with van der Waals surface area (Å²) >= 11 is 0. The molecule has 0 spiro atoms. The van der Waals surface area contributed by atoms with E-state index in [4.69, 9.17) is 0 Å². The molecule has 1 N–H and O–H groups in total. The maximum absolute atomic E-state index is 12.9. The van der Waals surface area contributed by atoms with Crippen molar-refractivity contribution in [2.75, 3.05) is 0 Å². The molecular formula is C21H16O2. The van der Waals surface area contributed by atoms with Gasteiger partial charge in [0.25, 0.3) is 0 Å². The Morgan fingerprint density at radius 1 is 0.565 bits per heavy atom. The first-order valence-corrected chi connectivity index (χ1v) is 7.41. The number of hydrogen-bond donors (Lipinski definition) is 1. The summed E-state index contributed by atoms with van der Waals surface area (Å²) in [6.45, 7) is 0. The highest BCUT2D eigenvalue weighted by atomic mass is 16.3. The van der Waals surface area contributed by atoms with Crippen molar-refractivity contribution in [3.8, 4) is 0 Å². The number of aliphatic hydroxyl groups is 1. The van der Waals surface area contributed by atoms with Gasteiger partial charge in [0.2, 0.25) is 0 Å². The van der Waals surface area contributed by atoms with E-state index in [1.54, 1.807) is 24.3 Å². The number of carbonyl (C=O) groups excluding carboxylic acids is 1. The van der Waals surface area contributed by atoms with Crippen LogP contribution < -0.4 is 0 Å². The second-order valence-corrected chi connectivity index (χ2v) is 5.15. The third kappa shape index (κ3) is 3.22. The number of ketones is 1. The van der Waals surface area contributed by atoms with Gasteiger partial charge >= 0.3 is 0 Å². The molecule has 2 heteroatoms. The highest BCUT2D eigenvalue weighted by Gasteiger charge is 2.19. The van der Waals surface area contributed by atoms with Gasteiger partial charge < -0.3 is 5.11 Å². The monoisotopic (exact) mass is 300 g/mol. The van der Waals surface area contributed by atoms with Crippen LogP contribution in [0.5, 0.6) is 0 Å². The van der Waals surface area contributed by atoms with Crippen molar-refractivity contribution in [3.63, 3.8) is 0 Å². The number of carbonyl (C=O) groups is 1. The Bertz CT molecular complexity index is 819. The lowest BCUT2D eigenvalue weighted by atomic mass is 9.93. The largest absolute Gasteiger partial charge is 0.507 e. The zero-order valence-corrected chi connectivity index (χ0v) is 12.5. The van der Waals surface area contributed by atoms with Crippen LogP contribution in [-0.4, -0.2) is 10.9 Å². The van der Waals surface area contributed by atoms with E-state index in [-0.39, 0.29) is 11.5 Å². The van der Waals surface area contributed by atoms with Crippen molar-refractivity contribution < 1.29 is 9.90 Å². The Morgan fingerprint density at radius 3 is 1.43 bits per heavy atom. The molecule has 0 saturated carbocycles. The van der Waals surface area contributed by atoms with Gasteiger partial charge in [-0.1, -0.05) is 91.0 Å². The van der Waals surface area contributed by atoms with Gasteiger partial charge in [-0.05, 0) is 5.56 Å². The molecular weight excluding hydrogens is 284 g/mol. The first kappa shape index (κ1) is 14.8. The summed E-state index contributed by atoms with van der Waals surface area (Å²) < 4.78 is 0. The zero-order chi connectivity index (χ0) is 16.1. The van der Waals surface area contributed by atoms with E-state index in [0.29, 0.717) is 22.3 Å². The number of Topliss-reactive ketones (excluding diaryl/α,β-unsaturated/α-hetero) is 1. The smallest absolute Gasteiger partial charge is 0.197 e. The van der Waals surface area contributed by atoms with Gasteiger partial charge in [-0.3, -0.25) is 4.79 Å². The fourth-order valence-electron chi connectivity index (χ4n) is 2.45. The average Bonchev–Trinajstić information content (AvgIpc) is 2.64. The van der Waals surface area contributed by atoms with Crippen LogP contribution in [0, 0.1) is 0 Å². The second kappa shape index (κ2) is 6.75. The molecule has 0 saturated heterocycles. The lowest BCUT2D eigenvalue weighted by molar-refractivity contribution is 0.105. The summed E-state index contributed by atoms with van der Waals surface area (Å²) in [4.78, 5) is 12.9. The van der Waals surface area contributed by atoms with Gasteiger partial charge in [0.05, 0.1) is 5.57 Å². The summed E-state index contributed by atoms with van der Waals surface area (Å²) in [6.07, 6.45) is 0. The van der Waals surface area contributed by atoms with Crippen LogP contribution in [0.15, 0.2) is 91.0 Å². The van der Waals surface area contributed by atoms with Crippen LogP contribution in [0.4, 0.5) is 0 Å². The average molecular weight is 300 g/mol. The molecule has 0 bridgehead atoms. The number of hydrogen-bond acceptors (Lipinski definition) is 2. The molecule has 0 heterocycles. The van der Waals surface area contributed by atoms with Crippen LogP contribution in [0.2, 0.25) is 0 Å². The Labute approximate surface area is 135 Å². The maximum atomic E-state index is 12.9. The Kier molecular flexibility index (Phi) is 4.34. The molecule has 0 radical (unpaired) electrons. The molecule has 0 amide bonds. The van der Waals surface area contributed by atoms with E-state index < -0.39 is 0 Å². The summed E-state index contributed by atoms with van der Waals surface area (Å²) in [5.41, 5.74) is 2.18. The molecule has 0 aliphatic rings. The highest BCUT2D eigenvalue weighted by Crippen LogP contribution is 2.27. The molecule has 2 nitrogen and oxygen atoms in total. The van der Waals surface area contributed by atoms with Gasteiger partial charge in [0, 0.05) is 11.1 Å². The quantitative estimate of drug-likeness (QED) is 0.319. The van der Waals surface area contributed by atoms with Crippen molar-refractivity contribution in [1.29, 1.82) is 0 Å². The molecule has 0 aromatic heterocycles. The Balaban J connectivity index is 2.18. The van der Waals surface area contributed by atoms with E-state index in [2.05, 4.69) is 0 Å². The second-order valence-electron chi connectivity index (χ2n) is 5.15. The van der Waals surface area contributed by atoms with Crippen molar-refractivity contribution in [2.24, 2.45) is 0 Å². The number of allylic oxidation sites excluding steroid dienone is 1. The fraction of sp³-hybridized carbons (Fsp3) is 0. The van der Waals surface area contributed by atoms with E-state index in [1.165, 1.54) is 0 Å². The molecule has 23 heavy (non-hydrogen) atoms. The summed E-state index contributed by atoms with van der Waals surface area (Å²) in [7, 11) is 0. The van der Waals surface area contributed by atoms with E-state index >= 15 is 0 Å². The molecule has 3 aromatic rings. The Morgan fingerprint density at radius 2 is 0.957 bits per heavy atom. The van der Waals surface area contributed by atoms with Gasteiger partial charge in [-0.25, -0.2) is 0 Å². The SMILES string of the molecule is O=C(/C(=C(\O)c1ccccc1)c1ccccc1)c1ccccc1. The molecule has 3 aromatic carbocycles. The number of benzene rings is 3. The van der Waals surface area contributed by atoms with Crippen molar-refractivity contribution in [3.05, 3.63) is 108 Å². The minimum atomic E-state index is -0.196. The first-order valence-electron chi connectivity index (χ1n) is 7.41. The molecule has 0 aliphatic heterocycles. The van der Waals surface area contributed by atoms with E-state index in [1.807, 2.05) is 66.7 Å². The van der Waals surface area contributed by atoms with Crippen LogP contribution in [-0.2, 0) is 0 Å². The molecule has 0 aliphatic carbocycles. The summed E-state index contributed by atoms with van der Waals surface area (Å²) in [5.74, 6) is -0.205. The van der Waals surface area contributed by atoms with Crippen molar-refractivity contribution >= 4 is 17.1 Å². The van der Waals surface area contributed by atoms with Gasteiger partial charge in [0.15, 0.2) is 5.78 Å². The molecule has 0 atom stereocenters. The predicted molar refractivity (Wildman–Crippen MR) is 93.1 cm³/mol. The highest BCUT2D eigenvalue weighted by molar-refractivity contribution is 6.33. The predicted octanol–water partition coefficient (Wildman–Crippen LogP) is 5.00. The summed E-state index contributed by atoms with van der Waals surface area (Å²) in [5, 5.41) is 10.7. The van der Waals surface area contributed by atoms with Crippen molar-refractivity contribution in [1.82, 2.24) is 0 Å². The maximum Gasteiger partial charge on any atom is 0.197 e. The fourth-order valence-corrected chi connectivity index (χ4v) is 2.45. The van der Waals surface area contributed by atoms with E-state index in [0.717, 1.165) is 0 Å². The third-order valence-corrected chi connectivity index (χ3v) is 3.61. The van der Waals surface area contributed by atoms with Crippen molar-refractivity contribution in [2.45, 2.75) is 0 Å². The molecule has 0 fully saturated rings. The minimum absolute atomic E-state index is 0.00865. The Hall–Kier alpha value is -3.13. The molecule has 112 valence electrons. The van der Waals surface area contributed by atoms with Crippen LogP contribution in [0.3, 0.4) is 0 Å². The minimum Gasteiger partial charge on any atom is -0.507 e. The van der Waals surface area contributed by atoms with Crippen LogP contribution in [0.1, 0.15) is 21.5 Å². The van der Waals surface area contributed by atoms with Gasteiger partial charge in [-0.2, -0.15) is 0 Å². The van der Waals surface area contributed by atoms with Gasteiger partial charge in [-0.15, -0.1) is 0 Å². The van der Waals surface area contributed by atoms with Crippen LogP contribution in [0.25, 0.3) is 11.3 Å². The normalized spacial score (nSPS) is 11.7.